The van der Waals surface area contributed by atoms with E-state index < -0.39 is 48.6 Å². The highest BCUT2D eigenvalue weighted by molar-refractivity contribution is 5.76. The van der Waals surface area contributed by atoms with Crippen molar-refractivity contribution in [3.63, 3.8) is 0 Å². The van der Waals surface area contributed by atoms with Crippen molar-refractivity contribution in [2.24, 2.45) is 11.7 Å². The molecule has 0 aliphatic carbocycles. The fourth-order valence-electron chi connectivity index (χ4n) is 2.62. The molecular weight excluding hydrogens is 372 g/mol. The average Bonchev–Trinajstić information content (AvgIpc) is 2.64. The summed E-state index contributed by atoms with van der Waals surface area (Å²) in [6.45, 7) is 6.51. The van der Waals surface area contributed by atoms with Crippen LogP contribution in [0.2, 0.25) is 0 Å². The Morgan fingerprint density at radius 1 is 1.21 bits per heavy atom. The maximum Gasteiger partial charge on any atom is 0.323 e. The average molecular weight is 404 g/mol. The zero-order chi connectivity index (χ0) is 21.4. The van der Waals surface area contributed by atoms with Gasteiger partial charge in [0.2, 0.25) is 5.91 Å². The van der Waals surface area contributed by atoms with E-state index in [2.05, 4.69) is 5.32 Å². The number of hydrogen-bond donors (Lipinski definition) is 4. The van der Waals surface area contributed by atoms with Gasteiger partial charge in [-0.1, -0.05) is 27.7 Å². The second kappa shape index (κ2) is 11.3. The number of carbonyl (C=O) groups is 3. The molecule has 5 N–H and O–H groups in total. The van der Waals surface area contributed by atoms with Gasteiger partial charge in [-0.25, -0.2) is 0 Å². The maximum absolute atomic E-state index is 12.0. The third kappa shape index (κ3) is 6.69. The van der Waals surface area contributed by atoms with Crippen LogP contribution in [0.5, 0.6) is 0 Å². The third-order valence-corrected chi connectivity index (χ3v) is 4.43. The van der Waals surface area contributed by atoms with E-state index in [4.69, 9.17) is 19.9 Å². The van der Waals surface area contributed by atoms with Gasteiger partial charge in [0.25, 0.3) is 0 Å². The lowest BCUT2D eigenvalue weighted by Crippen LogP contribution is -2.65. The lowest BCUT2D eigenvalue weighted by atomic mass is 9.96. The summed E-state index contributed by atoms with van der Waals surface area (Å²) in [6, 6.07) is -2.05. The first-order valence-corrected chi connectivity index (χ1v) is 9.54. The van der Waals surface area contributed by atoms with Gasteiger partial charge in [0.15, 0.2) is 12.4 Å². The van der Waals surface area contributed by atoms with E-state index in [1.807, 2.05) is 6.92 Å². The van der Waals surface area contributed by atoms with Crippen molar-refractivity contribution >= 4 is 17.8 Å². The van der Waals surface area contributed by atoms with E-state index in [0.717, 1.165) is 0 Å². The van der Waals surface area contributed by atoms with Crippen molar-refractivity contribution in [2.75, 3.05) is 6.61 Å². The maximum atomic E-state index is 12.0. The van der Waals surface area contributed by atoms with Crippen LogP contribution in [0.4, 0.5) is 0 Å². The minimum atomic E-state index is -1.57. The first-order chi connectivity index (χ1) is 13.1. The molecule has 1 saturated heterocycles. The first kappa shape index (κ1) is 24.3. The van der Waals surface area contributed by atoms with Crippen LogP contribution in [-0.4, -0.2) is 71.4 Å². The summed E-state index contributed by atoms with van der Waals surface area (Å²) in [5.41, 5.74) is 5.73. The van der Waals surface area contributed by atoms with Crippen molar-refractivity contribution in [3.05, 3.63) is 0 Å². The molecule has 1 heterocycles. The van der Waals surface area contributed by atoms with Crippen molar-refractivity contribution < 1.29 is 38.8 Å². The predicted octanol–water partition coefficient (Wildman–Crippen LogP) is -0.802. The highest BCUT2D eigenvalue weighted by Crippen LogP contribution is 2.24. The van der Waals surface area contributed by atoms with Crippen molar-refractivity contribution in [1.29, 1.82) is 0 Å². The zero-order valence-corrected chi connectivity index (χ0v) is 16.8. The molecule has 162 valence electrons. The Bertz CT molecular complexity index is 542. The number of aliphatic hydroxyl groups is 2. The van der Waals surface area contributed by atoms with Gasteiger partial charge in [0, 0.05) is 12.8 Å². The van der Waals surface area contributed by atoms with E-state index >= 15 is 0 Å². The van der Waals surface area contributed by atoms with Crippen LogP contribution in [0.25, 0.3) is 0 Å². The van der Waals surface area contributed by atoms with Crippen LogP contribution in [0, 0.1) is 5.92 Å². The molecule has 0 aromatic carbocycles. The molecule has 1 aliphatic rings. The van der Waals surface area contributed by atoms with Crippen molar-refractivity contribution in [1.82, 2.24) is 5.32 Å². The number of nitrogens with two attached hydrogens (primary N) is 1. The Morgan fingerprint density at radius 2 is 1.86 bits per heavy atom. The summed E-state index contributed by atoms with van der Waals surface area (Å²) in [7, 11) is 0. The van der Waals surface area contributed by atoms with Gasteiger partial charge in [0.05, 0.1) is 0 Å². The van der Waals surface area contributed by atoms with Crippen molar-refractivity contribution in [3.8, 4) is 0 Å². The van der Waals surface area contributed by atoms with E-state index in [0.29, 0.717) is 6.42 Å². The van der Waals surface area contributed by atoms with Gasteiger partial charge in [-0.2, -0.15) is 0 Å². The normalized spacial score (nSPS) is 28.5. The fourth-order valence-corrected chi connectivity index (χ4v) is 2.62. The van der Waals surface area contributed by atoms with Gasteiger partial charge in [0.1, 0.15) is 30.9 Å². The molecule has 0 radical (unpaired) electrons. The molecule has 0 aromatic heterocycles. The molecule has 10 nitrogen and oxygen atoms in total. The lowest BCUT2D eigenvalue weighted by Gasteiger charge is -2.42. The van der Waals surface area contributed by atoms with Crippen LogP contribution in [0.15, 0.2) is 0 Å². The molecule has 1 amide bonds. The van der Waals surface area contributed by atoms with Crippen molar-refractivity contribution in [2.45, 2.75) is 83.6 Å². The topological polar surface area (TPSA) is 157 Å². The predicted molar refractivity (Wildman–Crippen MR) is 97.7 cm³/mol. The summed E-state index contributed by atoms with van der Waals surface area (Å²) in [6.07, 6.45) is -4.58. The molecule has 1 unspecified atom stereocenters. The Hall–Kier alpha value is -1.75. The molecule has 0 aromatic rings. The SMILES string of the molecule is CCCC(=O)N[C@H]1C(O)O[C@H](COC(=O)[C@@H](N)C(C)C)[C@@H](OC(=O)CC)[C@@H]1O. The second-order valence-electron chi connectivity index (χ2n) is 7.11. The molecule has 0 bridgehead atoms. The quantitative estimate of drug-likeness (QED) is 0.361. The molecular formula is C18H32N2O8. The van der Waals surface area contributed by atoms with Gasteiger partial charge in [-0.3, -0.25) is 14.4 Å². The minimum Gasteiger partial charge on any atom is -0.462 e. The monoisotopic (exact) mass is 404 g/mol. The molecule has 1 aliphatic heterocycles. The summed E-state index contributed by atoms with van der Waals surface area (Å²) in [5, 5.41) is 23.3. The zero-order valence-electron chi connectivity index (χ0n) is 16.8. The van der Waals surface area contributed by atoms with E-state index in [9.17, 15) is 24.6 Å². The molecule has 6 atom stereocenters. The third-order valence-electron chi connectivity index (χ3n) is 4.43. The molecule has 1 rings (SSSR count). The highest BCUT2D eigenvalue weighted by atomic mass is 16.7. The Kier molecular flexibility index (Phi) is 9.80. The van der Waals surface area contributed by atoms with Gasteiger partial charge in [-0.05, 0) is 12.3 Å². The summed E-state index contributed by atoms with van der Waals surface area (Å²) < 4.78 is 15.7. The second-order valence-corrected chi connectivity index (χ2v) is 7.11. The van der Waals surface area contributed by atoms with Gasteiger partial charge < -0.3 is 35.5 Å². The van der Waals surface area contributed by atoms with Crippen LogP contribution >= 0.6 is 0 Å². The lowest BCUT2D eigenvalue weighted by molar-refractivity contribution is -0.261. The summed E-state index contributed by atoms with van der Waals surface area (Å²) in [4.78, 5) is 35.6. The van der Waals surface area contributed by atoms with Gasteiger partial charge in [-0.15, -0.1) is 0 Å². The molecule has 28 heavy (non-hydrogen) atoms. The fraction of sp³-hybridized carbons (Fsp3) is 0.833. The minimum absolute atomic E-state index is 0.0450. The molecule has 10 heteroatoms. The van der Waals surface area contributed by atoms with Gasteiger partial charge >= 0.3 is 11.9 Å². The Balaban J connectivity index is 2.89. The summed E-state index contributed by atoms with van der Waals surface area (Å²) in [5.74, 6) is -1.83. The standard InChI is InChI=1S/C18H32N2O8/c1-5-7-11(21)20-14-15(23)16(28-12(22)6-2)10(27-18(14)25)8-26-17(24)13(19)9(3)4/h9-10,13-16,18,23,25H,5-8,19H2,1-4H3,(H,20,21)/t10-,13+,14-,15-,16-,18?/m1/s1. The highest BCUT2D eigenvalue weighted by Gasteiger charge is 2.48. The molecule has 1 fully saturated rings. The summed E-state index contributed by atoms with van der Waals surface area (Å²) >= 11 is 0. The Labute approximate surface area is 164 Å². The number of ether oxygens (including phenoxy) is 3. The largest absolute Gasteiger partial charge is 0.462 e. The number of nitrogens with one attached hydrogen (secondary N) is 1. The number of esters is 2. The van der Waals surface area contributed by atoms with Crippen LogP contribution in [0.3, 0.4) is 0 Å². The van der Waals surface area contributed by atoms with E-state index in [1.54, 1.807) is 20.8 Å². The number of carbonyl (C=O) groups excluding carboxylic acids is 3. The van der Waals surface area contributed by atoms with Crippen LogP contribution in [0.1, 0.15) is 47.0 Å². The smallest absolute Gasteiger partial charge is 0.323 e. The van der Waals surface area contributed by atoms with Crippen LogP contribution < -0.4 is 11.1 Å². The number of hydrogen-bond acceptors (Lipinski definition) is 9. The Morgan fingerprint density at radius 3 is 2.39 bits per heavy atom. The van der Waals surface area contributed by atoms with E-state index in [-0.39, 0.29) is 31.3 Å². The van der Waals surface area contributed by atoms with E-state index in [1.165, 1.54) is 0 Å². The molecule has 0 saturated carbocycles. The number of rotatable bonds is 9. The number of amides is 1. The molecule has 0 spiro atoms. The van der Waals surface area contributed by atoms with Crippen LogP contribution in [-0.2, 0) is 28.6 Å². The number of aliphatic hydroxyl groups excluding tert-OH is 2. The first-order valence-electron chi connectivity index (χ1n) is 9.54.